The molecular formula is C28H52N2O2. The summed E-state index contributed by atoms with van der Waals surface area (Å²) in [6.07, 6.45) is 20.6. The monoisotopic (exact) mass is 448 g/mol. The molecular weight excluding hydrogens is 396 g/mol. The Balaban J connectivity index is 3.53. The summed E-state index contributed by atoms with van der Waals surface area (Å²) in [5, 5.41) is 7.04. The molecule has 0 unspecified atom stereocenters. The standard InChI is InChI=1S/C28H52N2O2/c1-4-5-6-7-8-9-10-11-12-13-14-15-16-17-18-19-20-21-22-23-28(29-24-26-31-2)30-25-27-32-3/h28-30H,4-11,16-27H2,1-3H3. The predicted octanol–water partition coefficient (Wildman–Crippen LogP) is 6.05. The third-order valence-corrected chi connectivity index (χ3v) is 5.58. The molecule has 32 heavy (non-hydrogen) atoms. The van der Waals surface area contributed by atoms with Crippen molar-refractivity contribution in [3.63, 3.8) is 0 Å². The Bertz CT molecular complexity index is 477. The smallest absolute Gasteiger partial charge is 0.0587 e. The number of hydrogen-bond donors (Lipinski definition) is 2. The Morgan fingerprint density at radius 3 is 1.50 bits per heavy atom. The molecule has 0 spiro atoms. The van der Waals surface area contributed by atoms with Gasteiger partial charge in [0.15, 0.2) is 0 Å². The molecule has 4 nitrogen and oxygen atoms in total. The summed E-state index contributed by atoms with van der Waals surface area (Å²) >= 11 is 0. The van der Waals surface area contributed by atoms with Gasteiger partial charge in [0.2, 0.25) is 0 Å². The molecule has 0 radical (unpaired) electrons. The molecule has 0 aromatic rings. The fraction of sp³-hybridized carbons (Fsp3) is 0.857. The molecule has 0 heterocycles. The first-order valence-corrected chi connectivity index (χ1v) is 13.3. The van der Waals surface area contributed by atoms with E-state index < -0.39 is 0 Å². The molecule has 0 atom stereocenters. The van der Waals surface area contributed by atoms with E-state index in [0.29, 0.717) is 6.17 Å². The zero-order valence-corrected chi connectivity index (χ0v) is 21.5. The molecule has 0 aromatic heterocycles. The van der Waals surface area contributed by atoms with Crippen molar-refractivity contribution in [1.82, 2.24) is 10.6 Å². The molecule has 186 valence electrons. The van der Waals surface area contributed by atoms with Crippen LogP contribution in [0.2, 0.25) is 0 Å². The number of nitrogens with one attached hydrogen (secondary N) is 2. The first kappa shape index (κ1) is 31.0. The second-order valence-corrected chi connectivity index (χ2v) is 8.58. The SMILES string of the molecule is CCCCCCCCCC#CC#CCCCCCCCCC(NCCOC)NCCOC. The van der Waals surface area contributed by atoms with E-state index in [1.165, 1.54) is 83.5 Å². The van der Waals surface area contributed by atoms with Crippen molar-refractivity contribution in [3.8, 4) is 23.7 Å². The average molecular weight is 449 g/mol. The fourth-order valence-corrected chi connectivity index (χ4v) is 3.60. The quantitative estimate of drug-likeness (QED) is 0.113. The van der Waals surface area contributed by atoms with E-state index in [9.17, 15) is 0 Å². The first-order chi connectivity index (χ1) is 15.8. The Kier molecular flexibility index (Phi) is 27.1. The van der Waals surface area contributed by atoms with Crippen molar-refractivity contribution < 1.29 is 9.47 Å². The van der Waals surface area contributed by atoms with Crippen LogP contribution in [0.25, 0.3) is 0 Å². The van der Waals surface area contributed by atoms with E-state index in [-0.39, 0.29) is 0 Å². The van der Waals surface area contributed by atoms with E-state index in [1.54, 1.807) is 14.2 Å². The Labute approximate surface area is 200 Å². The molecule has 0 fully saturated rings. The van der Waals surface area contributed by atoms with Gasteiger partial charge in [-0.2, -0.15) is 0 Å². The molecule has 4 heteroatoms. The van der Waals surface area contributed by atoms with E-state index in [1.807, 2.05) is 0 Å². The van der Waals surface area contributed by atoms with Crippen LogP contribution in [0, 0.1) is 23.7 Å². The minimum Gasteiger partial charge on any atom is -0.383 e. The van der Waals surface area contributed by atoms with Gasteiger partial charge in [0.25, 0.3) is 0 Å². The molecule has 0 aromatic carbocycles. The van der Waals surface area contributed by atoms with Gasteiger partial charge in [-0.1, -0.05) is 89.4 Å². The zero-order valence-electron chi connectivity index (χ0n) is 21.5. The zero-order chi connectivity index (χ0) is 23.4. The molecule has 0 saturated heterocycles. The summed E-state index contributed by atoms with van der Waals surface area (Å²) in [5.41, 5.74) is 0. The molecule has 0 saturated carbocycles. The summed E-state index contributed by atoms with van der Waals surface area (Å²) in [6.45, 7) is 5.52. The Morgan fingerprint density at radius 1 is 0.594 bits per heavy atom. The highest BCUT2D eigenvalue weighted by atomic mass is 16.5. The summed E-state index contributed by atoms with van der Waals surface area (Å²) in [6, 6.07) is 0. The Hall–Kier alpha value is -1.04. The second-order valence-electron chi connectivity index (χ2n) is 8.58. The molecule has 0 aliphatic rings. The number of hydrogen-bond acceptors (Lipinski definition) is 4. The molecule has 2 N–H and O–H groups in total. The summed E-state index contributed by atoms with van der Waals surface area (Å²) < 4.78 is 10.3. The van der Waals surface area contributed by atoms with Gasteiger partial charge in [-0.3, -0.25) is 10.6 Å². The van der Waals surface area contributed by atoms with Crippen molar-refractivity contribution in [3.05, 3.63) is 0 Å². The third-order valence-electron chi connectivity index (χ3n) is 5.58. The first-order valence-electron chi connectivity index (χ1n) is 13.3. The highest BCUT2D eigenvalue weighted by Crippen LogP contribution is 2.09. The highest BCUT2D eigenvalue weighted by molar-refractivity contribution is 5.25. The predicted molar refractivity (Wildman–Crippen MR) is 139 cm³/mol. The lowest BCUT2D eigenvalue weighted by Crippen LogP contribution is -2.44. The van der Waals surface area contributed by atoms with Crippen molar-refractivity contribution >= 4 is 0 Å². The van der Waals surface area contributed by atoms with Gasteiger partial charge in [0.05, 0.1) is 19.4 Å². The minimum atomic E-state index is 0.350. The number of unbranched alkanes of at least 4 members (excludes halogenated alkanes) is 13. The maximum atomic E-state index is 5.13. The number of rotatable bonds is 23. The van der Waals surface area contributed by atoms with Gasteiger partial charge in [-0.15, -0.1) is 0 Å². The lowest BCUT2D eigenvalue weighted by molar-refractivity contribution is 0.180. The summed E-state index contributed by atoms with van der Waals surface area (Å²) in [7, 11) is 3.48. The van der Waals surface area contributed by atoms with Gasteiger partial charge in [-0.05, 0) is 31.1 Å². The maximum Gasteiger partial charge on any atom is 0.0587 e. The van der Waals surface area contributed by atoms with Crippen LogP contribution in [0.3, 0.4) is 0 Å². The number of ether oxygens (including phenoxy) is 2. The number of methoxy groups -OCH3 is 2. The minimum absolute atomic E-state index is 0.350. The summed E-state index contributed by atoms with van der Waals surface area (Å²) in [5.74, 6) is 12.5. The van der Waals surface area contributed by atoms with Crippen molar-refractivity contribution in [1.29, 1.82) is 0 Å². The van der Waals surface area contributed by atoms with Gasteiger partial charge in [0.1, 0.15) is 0 Å². The van der Waals surface area contributed by atoms with Crippen LogP contribution >= 0.6 is 0 Å². The lowest BCUT2D eigenvalue weighted by atomic mass is 10.1. The molecule has 0 rings (SSSR count). The van der Waals surface area contributed by atoms with Crippen LogP contribution in [0.15, 0.2) is 0 Å². The van der Waals surface area contributed by atoms with Crippen molar-refractivity contribution in [2.75, 3.05) is 40.5 Å². The van der Waals surface area contributed by atoms with Crippen LogP contribution in [0.4, 0.5) is 0 Å². The third kappa shape index (κ3) is 25.2. The van der Waals surface area contributed by atoms with Crippen LogP contribution in [0.1, 0.15) is 110 Å². The lowest BCUT2D eigenvalue weighted by Gasteiger charge is -2.20. The van der Waals surface area contributed by atoms with E-state index in [2.05, 4.69) is 41.2 Å². The largest absolute Gasteiger partial charge is 0.383 e. The fourth-order valence-electron chi connectivity index (χ4n) is 3.60. The Morgan fingerprint density at radius 2 is 1.03 bits per heavy atom. The molecule has 0 amide bonds. The average Bonchev–Trinajstić information content (AvgIpc) is 2.80. The topological polar surface area (TPSA) is 42.5 Å². The van der Waals surface area contributed by atoms with E-state index >= 15 is 0 Å². The second kappa shape index (κ2) is 28.0. The van der Waals surface area contributed by atoms with Gasteiger partial charge in [0, 0.05) is 40.2 Å². The van der Waals surface area contributed by atoms with E-state index in [4.69, 9.17) is 9.47 Å². The summed E-state index contributed by atoms with van der Waals surface area (Å²) in [4.78, 5) is 0. The van der Waals surface area contributed by atoms with Crippen LogP contribution in [-0.2, 0) is 9.47 Å². The van der Waals surface area contributed by atoms with Gasteiger partial charge >= 0.3 is 0 Å². The molecule has 0 aliphatic heterocycles. The van der Waals surface area contributed by atoms with Crippen molar-refractivity contribution in [2.45, 2.75) is 116 Å². The van der Waals surface area contributed by atoms with E-state index in [0.717, 1.165) is 45.6 Å². The van der Waals surface area contributed by atoms with Crippen LogP contribution < -0.4 is 10.6 Å². The highest BCUT2D eigenvalue weighted by Gasteiger charge is 2.06. The maximum absolute atomic E-state index is 5.13. The van der Waals surface area contributed by atoms with Gasteiger partial charge in [-0.25, -0.2) is 0 Å². The van der Waals surface area contributed by atoms with Crippen LogP contribution in [0.5, 0.6) is 0 Å². The van der Waals surface area contributed by atoms with Gasteiger partial charge < -0.3 is 9.47 Å². The van der Waals surface area contributed by atoms with Crippen LogP contribution in [-0.4, -0.2) is 46.7 Å². The normalized spacial score (nSPS) is 10.6. The molecule has 0 bridgehead atoms. The van der Waals surface area contributed by atoms with Crippen molar-refractivity contribution in [2.24, 2.45) is 0 Å². The molecule has 0 aliphatic carbocycles.